The fourth-order valence-electron chi connectivity index (χ4n) is 1.77. The minimum Gasteiger partial charge on any atom is -0.496 e. The molecule has 20 heavy (non-hydrogen) atoms. The molecule has 2 aromatic carbocycles. The van der Waals surface area contributed by atoms with E-state index < -0.39 is 0 Å². The molecule has 0 spiro atoms. The second-order valence-corrected chi connectivity index (χ2v) is 5.23. The first-order chi connectivity index (χ1) is 9.51. The van der Waals surface area contributed by atoms with Crippen LogP contribution in [0.4, 0.5) is 11.4 Å². The first-order valence-corrected chi connectivity index (χ1v) is 6.81. The topological polar surface area (TPSA) is 64.3 Å². The van der Waals surface area contributed by atoms with Crippen LogP contribution in [0.3, 0.4) is 0 Å². The molecule has 0 radical (unpaired) electrons. The molecule has 5 heteroatoms. The number of anilines is 2. The van der Waals surface area contributed by atoms with E-state index in [4.69, 9.17) is 10.5 Å². The van der Waals surface area contributed by atoms with Crippen LogP contribution in [0.15, 0.2) is 40.9 Å². The van der Waals surface area contributed by atoms with Crippen LogP contribution >= 0.6 is 15.9 Å². The highest BCUT2D eigenvalue weighted by atomic mass is 79.9. The van der Waals surface area contributed by atoms with Gasteiger partial charge in [-0.1, -0.05) is 22.0 Å². The van der Waals surface area contributed by atoms with Gasteiger partial charge in [0.1, 0.15) is 5.75 Å². The van der Waals surface area contributed by atoms with E-state index in [2.05, 4.69) is 21.2 Å². The maximum atomic E-state index is 12.3. The first-order valence-electron chi connectivity index (χ1n) is 6.02. The number of nitrogens with one attached hydrogen (secondary N) is 1. The molecule has 1 amide bonds. The number of benzene rings is 2. The molecular weight excluding hydrogens is 320 g/mol. The van der Waals surface area contributed by atoms with E-state index in [9.17, 15) is 4.79 Å². The minimum absolute atomic E-state index is 0.259. The number of methoxy groups -OCH3 is 1. The van der Waals surface area contributed by atoms with Crippen molar-refractivity contribution in [2.24, 2.45) is 0 Å². The van der Waals surface area contributed by atoms with E-state index in [-0.39, 0.29) is 5.91 Å². The van der Waals surface area contributed by atoms with Crippen molar-refractivity contribution in [3.63, 3.8) is 0 Å². The third-order valence-electron chi connectivity index (χ3n) is 2.90. The Hall–Kier alpha value is -2.01. The average Bonchev–Trinajstić information content (AvgIpc) is 2.43. The molecule has 3 N–H and O–H groups in total. The lowest BCUT2D eigenvalue weighted by Gasteiger charge is -2.11. The molecule has 2 rings (SSSR count). The molecule has 0 saturated heterocycles. The highest BCUT2D eigenvalue weighted by Crippen LogP contribution is 2.24. The van der Waals surface area contributed by atoms with Gasteiger partial charge in [0.15, 0.2) is 0 Å². The average molecular weight is 335 g/mol. The molecule has 2 aromatic rings. The van der Waals surface area contributed by atoms with Gasteiger partial charge in [0.2, 0.25) is 0 Å². The third-order valence-corrected chi connectivity index (χ3v) is 3.75. The molecule has 0 aromatic heterocycles. The van der Waals surface area contributed by atoms with Crippen LogP contribution in [-0.2, 0) is 0 Å². The van der Waals surface area contributed by atoms with Crippen molar-refractivity contribution in [1.82, 2.24) is 0 Å². The first kappa shape index (κ1) is 14.4. The Morgan fingerprint density at radius 1 is 1.25 bits per heavy atom. The Labute approximate surface area is 126 Å². The van der Waals surface area contributed by atoms with E-state index in [1.165, 1.54) is 7.11 Å². The maximum absolute atomic E-state index is 12.3. The van der Waals surface area contributed by atoms with Gasteiger partial charge < -0.3 is 15.8 Å². The zero-order chi connectivity index (χ0) is 14.7. The molecule has 0 aliphatic carbocycles. The van der Waals surface area contributed by atoms with Crippen LogP contribution in [0, 0.1) is 6.92 Å². The van der Waals surface area contributed by atoms with E-state index >= 15 is 0 Å². The highest BCUT2D eigenvalue weighted by molar-refractivity contribution is 9.10. The number of ether oxygens (including phenoxy) is 1. The molecule has 0 bridgehead atoms. The quantitative estimate of drug-likeness (QED) is 0.843. The monoisotopic (exact) mass is 334 g/mol. The molecule has 4 nitrogen and oxygen atoms in total. The number of amides is 1. The van der Waals surface area contributed by atoms with Gasteiger partial charge in [0.25, 0.3) is 5.91 Å². The Balaban J connectivity index is 2.27. The molecular formula is C15H15BrN2O2. The second-order valence-electron chi connectivity index (χ2n) is 4.38. The summed E-state index contributed by atoms with van der Waals surface area (Å²) >= 11 is 3.44. The zero-order valence-electron chi connectivity index (χ0n) is 11.2. The number of halogens is 1. The number of nitrogens with two attached hydrogens (primary N) is 1. The van der Waals surface area contributed by atoms with E-state index in [0.717, 1.165) is 10.0 Å². The second kappa shape index (κ2) is 5.96. The summed E-state index contributed by atoms with van der Waals surface area (Å²) in [5.74, 6) is 0.229. The van der Waals surface area contributed by atoms with E-state index in [1.54, 1.807) is 18.2 Å². The standard InChI is InChI=1S/C15H15BrN2O2/c1-9-3-5-11(8-13(9)16)18-15(19)12-7-10(17)4-6-14(12)20-2/h3-8H,17H2,1-2H3,(H,18,19). The highest BCUT2D eigenvalue weighted by Gasteiger charge is 2.13. The molecule has 0 aliphatic rings. The minimum atomic E-state index is -0.259. The van der Waals surface area contributed by atoms with Gasteiger partial charge in [-0.15, -0.1) is 0 Å². The lowest BCUT2D eigenvalue weighted by Crippen LogP contribution is -2.13. The van der Waals surface area contributed by atoms with Crippen LogP contribution in [0.5, 0.6) is 5.75 Å². The zero-order valence-corrected chi connectivity index (χ0v) is 12.8. The van der Waals surface area contributed by atoms with Gasteiger partial charge in [0, 0.05) is 15.8 Å². The third kappa shape index (κ3) is 3.11. The van der Waals surface area contributed by atoms with Gasteiger partial charge >= 0.3 is 0 Å². The van der Waals surface area contributed by atoms with Crippen LogP contribution in [-0.4, -0.2) is 13.0 Å². The van der Waals surface area contributed by atoms with Crippen molar-refractivity contribution in [1.29, 1.82) is 0 Å². The van der Waals surface area contributed by atoms with Crippen LogP contribution in [0.25, 0.3) is 0 Å². The van der Waals surface area contributed by atoms with Crippen LogP contribution in [0.1, 0.15) is 15.9 Å². The lowest BCUT2D eigenvalue weighted by atomic mass is 10.1. The Morgan fingerprint density at radius 2 is 2.00 bits per heavy atom. The van der Waals surface area contributed by atoms with Gasteiger partial charge in [-0.2, -0.15) is 0 Å². The summed E-state index contributed by atoms with van der Waals surface area (Å²) < 4.78 is 6.12. The summed E-state index contributed by atoms with van der Waals surface area (Å²) in [5.41, 5.74) is 8.44. The van der Waals surface area contributed by atoms with Gasteiger partial charge in [-0.3, -0.25) is 4.79 Å². The number of rotatable bonds is 3. The van der Waals surface area contributed by atoms with E-state index in [1.807, 2.05) is 25.1 Å². The molecule has 0 atom stereocenters. The summed E-state index contributed by atoms with van der Waals surface area (Å²) in [7, 11) is 1.52. The smallest absolute Gasteiger partial charge is 0.259 e. The number of hydrogen-bond donors (Lipinski definition) is 2. The summed E-state index contributed by atoms with van der Waals surface area (Å²) in [5, 5.41) is 2.82. The summed E-state index contributed by atoms with van der Waals surface area (Å²) in [6.45, 7) is 1.98. The fourth-order valence-corrected chi connectivity index (χ4v) is 2.15. The van der Waals surface area contributed by atoms with Crippen LogP contribution in [0.2, 0.25) is 0 Å². The number of carbonyl (C=O) groups is 1. The maximum Gasteiger partial charge on any atom is 0.259 e. The van der Waals surface area contributed by atoms with Crippen molar-refractivity contribution >= 4 is 33.2 Å². The number of aryl methyl sites for hydroxylation is 1. The molecule has 0 aliphatic heterocycles. The number of carbonyl (C=O) groups excluding carboxylic acids is 1. The summed E-state index contributed by atoms with van der Waals surface area (Å²) in [6, 6.07) is 10.6. The molecule has 104 valence electrons. The Bertz CT molecular complexity index is 656. The number of nitrogen functional groups attached to an aromatic ring is 1. The largest absolute Gasteiger partial charge is 0.496 e. The predicted octanol–water partition coefficient (Wildman–Crippen LogP) is 3.60. The Kier molecular flexibility index (Phi) is 4.29. The molecule has 0 fully saturated rings. The Morgan fingerprint density at radius 3 is 2.65 bits per heavy atom. The molecule has 0 saturated carbocycles. The van der Waals surface area contributed by atoms with Gasteiger partial charge in [-0.05, 0) is 42.8 Å². The molecule has 0 unspecified atom stereocenters. The SMILES string of the molecule is COc1ccc(N)cc1C(=O)Nc1ccc(C)c(Br)c1. The van der Waals surface area contributed by atoms with Crippen molar-refractivity contribution in [2.75, 3.05) is 18.2 Å². The normalized spacial score (nSPS) is 10.2. The predicted molar refractivity (Wildman–Crippen MR) is 84.2 cm³/mol. The van der Waals surface area contributed by atoms with Crippen molar-refractivity contribution in [3.05, 3.63) is 52.0 Å². The summed E-state index contributed by atoms with van der Waals surface area (Å²) in [4.78, 5) is 12.3. The summed E-state index contributed by atoms with van der Waals surface area (Å²) in [6.07, 6.45) is 0. The van der Waals surface area contributed by atoms with Gasteiger partial charge in [0.05, 0.1) is 12.7 Å². The van der Waals surface area contributed by atoms with E-state index in [0.29, 0.717) is 22.7 Å². The number of hydrogen-bond acceptors (Lipinski definition) is 3. The fraction of sp³-hybridized carbons (Fsp3) is 0.133. The molecule has 0 heterocycles. The van der Waals surface area contributed by atoms with Crippen molar-refractivity contribution in [3.8, 4) is 5.75 Å². The lowest BCUT2D eigenvalue weighted by molar-refractivity contribution is 0.102. The van der Waals surface area contributed by atoms with Gasteiger partial charge in [-0.25, -0.2) is 0 Å². The van der Waals surface area contributed by atoms with Crippen molar-refractivity contribution in [2.45, 2.75) is 6.92 Å². The van der Waals surface area contributed by atoms with Crippen LogP contribution < -0.4 is 15.8 Å². The van der Waals surface area contributed by atoms with Crippen molar-refractivity contribution < 1.29 is 9.53 Å².